The second kappa shape index (κ2) is 6.88. The maximum absolute atomic E-state index is 13.2. The van der Waals surface area contributed by atoms with Gasteiger partial charge in [0.25, 0.3) is 0 Å². The lowest BCUT2D eigenvalue weighted by Gasteiger charge is -2.09. The predicted octanol–water partition coefficient (Wildman–Crippen LogP) is 4.11. The smallest absolute Gasteiger partial charge is 0.123 e. The van der Waals surface area contributed by atoms with E-state index in [4.69, 9.17) is 9.94 Å². The van der Waals surface area contributed by atoms with Crippen LogP contribution in [0.3, 0.4) is 0 Å². The molecule has 0 saturated heterocycles. The van der Waals surface area contributed by atoms with E-state index in [-0.39, 0.29) is 5.82 Å². The molecule has 0 atom stereocenters. The molecular formula is C17H18FNO2. The molecule has 2 aromatic carbocycles. The topological polar surface area (TPSA) is 41.8 Å². The summed E-state index contributed by atoms with van der Waals surface area (Å²) in [5.41, 5.74) is 3.53. The molecule has 0 fully saturated rings. The molecule has 0 spiro atoms. The predicted molar refractivity (Wildman–Crippen MR) is 80.5 cm³/mol. The zero-order chi connectivity index (χ0) is 15.2. The number of ether oxygens (including phenoxy) is 1. The van der Waals surface area contributed by atoms with Crippen LogP contribution in [-0.2, 0) is 13.0 Å². The van der Waals surface area contributed by atoms with E-state index in [0.29, 0.717) is 18.7 Å². The van der Waals surface area contributed by atoms with E-state index in [1.807, 2.05) is 31.2 Å². The fraction of sp³-hybridized carbons (Fsp3) is 0.235. The van der Waals surface area contributed by atoms with Gasteiger partial charge in [-0.15, -0.1) is 0 Å². The second-order valence-corrected chi connectivity index (χ2v) is 5.02. The Kier molecular flexibility index (Phi) is 4.93. The number of oxime groups is 1. The van der Waals surface area contributed by atoms with Crippen molar-refractivity contribution >= 4 is 5.71 Å². The van der Waals surface area contributed by atoms with Crippen molar-refractivity contribution in [1.82, 2.24) is 0 Å². The van der Waals surface area contributed by atoms with Gasteiger partial charge in [-0.2, -0.15) is 0 Å². The first-order valence-corrected chi connectivity index (χ1v) is 6.73. The van der Waals surface area contributed by atoms with Gasteiger partial charge in [0, 0.05) is 6.42 Å². The summed E-state index contributed by atoms with van der Waals surface area (Å²) >= 11 is 0. The van der Waals surface area contributed by atoms with Gasteiger partial charge in [-0.1, -0.05) is 23.4 Å². The Morgan fingerprint density at radius 2 is 1.90 bits per heavy atom. The van der Waals surface area contributed by atoms with Gasteiger partial charge >= 0.3 is 0 Å². The number of hydrogen-bond acceptors (Lipinski definition) is 3. The van der Waals surface area contributed by atoms with E-state index in [9.17, 15) is 4.39 Å². The monoisotopic (exact) mass is 287 g/mol. The first kappa shape index (κ1) is 15.0. The number of halogens is 1. The summed E-state index contributed by atoms with van der Waals surface area (Å²) in [6.07, 6.45) is 0.597. The molecule has 0 heterocycles. The van der Waals surface area contributed by atoms with Crippen LogP contribution in [0.4, 0.5) is 4.39 Å². The molecule has 0 bridgehead atoms. The molecule has 0 aromatic heterocycles. The maximum Gasteiger partial charge on any atom is 0.123 e. The van der Waals surface area contributed by atoms with Gasteiger partial charge < -0.3 is 9.94 Å². The summed E-state index contributed by atoms with van der Waals surface area (Å²) in [7, 11) is 0. The highest BCUT2D eigenvalue weighted by molar-refractivity contribution is 5.83. The van der Waals surface area contributed by atoms with E-state index < -0.39 is 0 Å². The van der Waals surface area contributed by atoms with Crippen molar-refractivity contribution in [3.63, 3.8) is 0 Å². The molecule has 0 amide bonds. The van der Waals surface area contributed by atoms with Crippen LogP contribution in [0.25, 0.3) is 0 Å². The van der Waals surface area contributed by atoms with Crippen LogP contribution in [0.15, 0.2) is 47.6 Å². The highest BCUT2D eigenvalue weighted by Crippen LogP contribution is 2.17. The van der Waals surface area contributed by atoms with E-state index in [1.54, 1.807) is 13.0 Å². The van der Waals surface area contributed by atoms with Crippen LogP contribution in [0.1, 0.15) is 23.6 Å². The Balaban J connectivity index is 1.99. The third kappa shape index (κ3) is 4.31. The van der Waals surface area contributed by atoms with Gasteiger partial charge in [-0.25, -0.2) is 4.39 Å². The van der Waals surface area contributed by atoms with Crippen molar-refractivity contribution in [3.8, 4) is 5.75 Å². The lowest BCUT2D eigenvalue weighted by molar-refractivity contribution is 0.304. The molecule has 110 valence electrons. The van der Waals surface area contributed by atoms with Gasteiger partial charge in [0.1, 0.15) is 18.2 Å². The minimum atomic E-state index is -0.256. The fourth-order valence-corrected chi connectivity index (χ4v) is 1.99. The van der Waals surface area contributed by atoms with Crippen molar-refractivity contribution in [1.29, 1.82) is 0 Å². The first-order valence-electron chi connectivity index (χ1n) is 6.73. The van der Waals surface area contributed by atoms with Crippen LogP contribution in [0, 0.1) is 12.7 Å². The average Bonchev–Trinajstić information content (AvgIpc) is 2.49. The quantitative estimate of drug-likeness (QED) is 0.511. The molecule has 0 radical (unpaired) electrons. The van der Waals surface area contributed by atoms with E-state index >= 15 is 0 Å². The lowest BCUT2D eigenvalue weighted by Crippen LogP contribution is -2.00. The molecule has 0 aliphatic rings. The molecule has 2 rings (SSSR count). The third-order valence-electron chi connectivity index (χ3n) is 3.26. The maximum atomic E-state index is 13.2. The van der Waals surface area contributed by atoms with Crippen LogP contribution in [-0.4, -0.2) is 10.9 Å². The number of rotatable bonds is 5. The SMILES string of the molecule is C/C(Cc1ccc(OCc2cc(F)ccc2C)cc1)=N/O. The average molecular weight is 287 g/mol. The van der Waals surface area contributed by atoms with Crippen molar-refractivity contribution in [2.24, 2.45) is 5.16 Å². The highest BCUT2D eigenvalue weighted by atomic mass is 19.1. The van der Waals surface area contributed by atoms with E-state index in [2.05, 4.69) is 5.16 Å². The molecule has 0 saturated carbocycles. The Hall–Kier alpha value is -2.36. The molecule has 2 aromatic rings. The summed E-state index contributed by atoms with van der Waals surface area (Å²) in [5, 5.41) is 11.8. The van der Waals surface area contributed by atoms with Crippen LogP contribution in [0.2, 0.25) is 0 Å². The Morgan fingerprint density at radius 3 is 2.57 bits per heavy atom. The van der Waals surface area contributed by atoms with Crippen LogP contribution >= 0.6 is 0 Å². The zero-order valence-electron chi connectivity index (χ0n) is 12.1. The molecule has 1 N–H and O–H groups in total. The van der Waals surface area contributed by atoms with Crippen molar-refractivity contribution in [3.05, 3.63) is 65.0 Å². The third-order valence-corrected chi connectivity index (χ3v) is 3.26. The van der Waals surface area contributed by atoms with Gasteiger partial charge in [-0.3, -0.25) is 0 Å². The van der Waals surface area contributed by atoms with Crippen molar-refractivity contribution < 1.29 is 14.3 Å². The normalized spacial score (nSPS) is 11.5. The Bertz CT molecular complexity index is 636. The summed E-state index contributed by atoms with van der Waals surface area (Å²) in [6.45, 7) is 4.02. The van der Waals surface area contributed by atoms with Gasteiger partial charge in [0.15, 0.2) is 0 Å². The number of nitrogens with zero attached hydrogens (tertiary/aromatic N) is 1. The standard InChI is InChI=1S/C17H18FNO2/c1-12-3-6-16(18)10-15(12)11-21-17-7-4-14(5-8-17)9-13(2)19-20/h3-8,10,20H,9,11H2,1-2H3/b19-13-. The molecule has 0 aliphatic heterocycles. The van der Waals surface area contributed by atoms with Crippen LogP contribution < -0.4 is 4.74 Å². The molecule has 4 heteroatoms. The number of benzene rings is 2. The van der Waals surface area contributed by atoms with Gasteiger partial charge in [-0.05, 0) is 54.8 Å². The minimum Gasteiger partial charge on any atom is -0.489 e. The number of hydrogen-bond donors (Lipinski definition) is 1. The summed E-state index contributed by atoms with van der Waals surface area (Å²) in [5.74, 6) is 0.467. The second-order valence-electron chi connectivity index (χ2n) is 5.02. The fourth-order valence-electron chi connectivity index (χ4n) is 1.99. The Labute approximate surface area is 123 Å². The summed E-state index contributed by atoms with van der Waals surface area (Å²) < 4.78 is 18.9. The van der Waals surface area contributed by atoms with Crippen LogP contribution in [0.5, 0.6) is 5.75 Å². The highest BCUT2D eigenvalue weighted by Gasteiger charge is 2.03. The minimum absolute atomic E-state index is 0.256. The Morgan fingerprint density at radius 1 is 1.19 bits per heavy atom. The molecular weight excluding hydrogens is 269 g/mol. The van der Waals surface area contributed by atoms with Gasteiger partial charge in [0.05, 0.1) is 5.71 Å². The summed E-state index contributed by atoms with van der Waals surface area (Å²) in [4.78, 5) is 0. The largest absolute Gasteiger partial charge is 0.489 e. The lowest BCUT2D eigenvalue weighted by atomic mass is 10.1. The zero-order valence-corrected chi connectivity index (χ0v) is 12.1. The molecule has 0 unspecified atom stereocenters. The molecule has 3 nitrogen and oxygen atoms in total. The number of aryl methyl sites for hydroxylation is 1. The van der Waals surface area contributed by atoms with E-state index in [1.165, 1.54) is 12.1 Å². The summed E-state index contributed by atoms with van der Waals surface area (Å²) in [6, 6.07) is 12.2. The van der Waals surface area contributed by atoms with Crippen molar-refractivity contribution in [2.45, 2.75) is 26.9 Å². The van der Waals surface area contributed by atoms with Gasteiger partial charge in [0.2, 0.25) is 0 Å². The molecule has 0 aliphatic carbocycles. The first-order chi connectivity index (χ1) is 10.1. The van der Waals surface area contributed by atoms with E-state index in [0.717, 1.165) is 22.4 Å². The van der Waals surface area contributed by atoms with Crippen molar-refractivity contribution in [2.75, 3.05) is 0 Å². The molecule has 21 heavy (non-hydrogen) atoms.